The number of rotatable bonds is 6. The summed E-state index contributed by atoms with van der Waals surface area (Å²) in [5, 5.41) is 24.9. The van der Waals surface area contributed by atoms with Gasteiger partial charge in [-0.2, -0.15) is 10.4 Å². The standard InChI is InChI=1S/C29H31N5O/c1-19(26-11-5-7-21-6-2-3-10-27(21)26)32-25-9-4-8-23(16-25)20-12-14-22(15-13-20)29(35)33-28-24(17-30)18-31-34-28/h2-3,5-7,10-12,14-15,18-20,23,25,32H,4,8-9,13,16H2,1H3,(H2,31,33,34,35)/t19?,20?,23-,25-/m0/s1. The molecule has 2 aliphatic rings. The molecular formula is C29H31N5O. The van der Waals surface area contributed by atoms with E-state index in [0.29, 0.717) is 35.1 Å². The number of nitrogens with one attached hydrogen (secondary N) is 3. The fourth-order valence-corrected chi connectivity index (χ4v) is 5.64. The highest BCUT2D eigenvalue weighted by atomic mass is 16.1. The lowest BCUT2D eigenvalue weighted by molar-refractivity contribution is -0.112. The molecule has 2 aliphatic carbocycles. The minimum atomic E-state index is -0.226. The summed E-state index contributed by atoms with van der Waals surface area (Å²) in [6.07, 6.45) is 13.3. The summed E-state index contributed by atoms with van der Waals surface area (Å²) in [7, 11) is 0. The van der Waals surface area contributed by atoms with E-state index in [-0.39, 0.29) is 11.7 Å². The number of fused-ring (bicyclic) bond motifs is 1. The van der Waals surface area contributed by atoms with Gasteiger partial charge in [-0.15, -0.1) is 0 Å². The second-order valence-electron chi connectivity index (χ2n) is 9.71. The molecule has 0 saturated heterocycles. The van der Waals surface area contributed by atoms with Crippen LogP contribution in [-0.4, -0.2) is 22.1 Å². The van der Waals surface area contributed by atoms with Crippen LogP contribution >= 0.6 is 0 Å². The van der Waals surface area contributed by atoms with Gasteiger partial charge in [0.25, 0.3) is 5.91 Å². The number of carbonyl (C=O) groups excluding carboxylic acids is 1. The molecule has 2 aromatic carbocycles. The fourth-order valence-electron chi connectivity index (χ4n) is 5.64. The summed E-state index contributed by atoms with van der Waals surface area (Å²) in [5.41, 5.74) is 2.32. The van der Waals surface area contributed by atoms with E-state index in [1.165, 1.54) is 41.8 Å². The molecule has 1 saturated carbocycles. The normalized spacial score (nSPS) is 22.9. The van der Waals surface area contributed by atoms with Crippen LogP contribution in [0.25, 0.3) is 10.8 Å². The molecule has 0 spiro atoms. The highest BCUT2D eigenvalue weighted by molar-refractivity contribution is 6.05. The molecule has 0 radical (unpaired) electrons. The number of anilines is 1. The molecule has 3 aromatic rings. The van der Waals surface area contributed by atoms with Crippen LogP contribution in [0.3, 0.4) is 0 Å². The minimum Gasteiger partial charge on any atom is -0.307 e. The fraction of sp³-hybridized carbons (Fsp3) is 0.345. The van der Waals surface area contributed by atoms with E-state index in [1.807, 2.05) is 18.2 Å². The molecule has 0 bridgehead atoms. The maximum atomic E-state index is 12.6. The Morgan fingerprint density at radius 3 is 2.89 bits per heavy atom. The van der Waals surface area contributed by atoms with E-state index in [4.69, 9.17) is 5.26 Å². The number of nitrogens with zero attached hydrogens (tertiary/aromatic N) is 2. The number of amides is 1. The van der Waals surface area contributed by atoms with Crippen LogP contribution in [0.5, 0.6) is 0 Å². The summed E-state index contributed by atoms with van der Waals surface area (Å²) in [6.45, 7) is 2.27. The van der Waals surface area contributed by atoms with Crippen molar-refractivity contribution in [3.63, 3.8) is 0 Å². The van der Waals surface area contributed by atoms with Crippen molar-refractivity contribution in [2.45, 2.75) is 51.1 Å². The monoisotopic (exact) mass is 465 g/mol. The second-order valence-corrected chi connectivity index (χ2v) is 9.71. The first-order valence-electron chi connectivity index (χ1n) is 12.5. The molecule has 4 atom stereocenters. The molecule has 6 nitrogen and oxygen atoms in total. The molecule has 0 aliphatic heterocycles. The second kappa shape index (κ2) is 10.3. The van der Waals surface area contributed by atoms with Gasteiger partial charge in [0, 0.05) is 23.9 Å². The number of hydrogen-bond acceptors (Lipinski definition) is 4. The summed E-state index contributed by atoms with van der Waals surface area (Å²) in [5.74, 6) is 1.10. The molecule has 3 N–H and O–H groups in total. The average Bonchev–Trinajstić information content (AvgIpc) is 3.35. The summed E-state index contributed by atoms with van der Waals surface area (Å²) < 4.78 is 0. The van der Waals surface area contributed by atoms with Gasteiger partial charge in [0.15, 0.2) is 5.82 Å². The van der Waals surface area contributed by atoms with Gasteiger partial charge < -0.3 is 10.6 Å². The Balaban J connectivity index is 1.18. The smallest absolute Gasteiger partial charge is 0.256 e. The third-order valence-corrected chi connectivity index (χ3v) is 7.48. The van der Waals surface area contributed by atoms with Gasteiger partial charge in [0.05, 0.1) is 0 Å². The van der Waals surface area contributed by atoms with Crippen LogP contribution in [0.2, 0.25) is 0 Å². The first-order valence-corrected chi connectivity index (χ1v) is 12.5. The molecule has 1 amide bonds. The Hall–Kier alpha value is -3.69. The number of allylic oxidation sites excluding steroid dienone is 2. The van der Waals surface area contributed by atoms with Crippen LogP contribution in [0.15, 0.2) is 72.5 Å². The first-order chi connectivity index (χ1) is 17.1. The lowest BCUT2D eigenvalue weighted by Gasteiger charge is -2.36. The number of aromatic amines is 1. The largest absolute Gasteiger partial charge is 0.307 e. The maximum Gasteiger partial charge on any atom is 0.256 e. The topological polar surface area (TPSA) is 93.6 Å². The van der Waals surface area contributed by atoms with Gasteiger partial charge in [-0.05, 0) is 60.8 Å². The van der Waals surface area contributed by atoms with Crippen LogP contribution < -0.4 is 10.6 Å². The van der Waals surface area contributed by atoms with Crippen molar-refractivity contribution >= 4 is 22.5 Å². The van der Waals surface area contributed by atoms with Crippen LogP contribution in [0, 0.1) is 23.2 Å². The van der Waals surface area contributed by atoms with Crippen molar-refractivity contribution < 1.29 is 4.79 Å². The molecule has 2 unspecified atom stereocenters. The van der Waals surface area contributed by atoms with Crippen molar-refractivity contribution in [2.75, 3.05) is 5.32 Å². The van der Waals surface area contributed by atoms with Crippen LogP contribution in [-0.2, 0) is 4.79 Å². The van der Waals surface area contributed by atoms with E-state index in [0.717, 1.165) is 12.8 Å². The molecule has 1 fully saturated rings. The lowest BCUT2D eigenvalue weighted by atomic mass is 9.74. The Labute approximate surface area is 206 Å². The highest BCUT2D eigenvalue weighted by Gasteiger charge is 2.29. The zero-order chi connectivity index (χ0) is 24.2. The maximum absolute atomic E-state index is 12.6. The van der Waals surface area contributed by atoms with Crippen molar-refractivity contribution in [3.8, 4) is 6.07 Å². The quantitative estimate of drug-likeness (QED) is 0.430. The highest BCUT2D eigenvalue weighted by Crippen LogP contribution is 2.36. The molecular weight excluding hydrogens is 434 g/mol. The summed E-state index contributed by atoms with van der Waals surface area (Å²) in [4.78, 5) is 12.6. The summed E-state index contributed by atoms with van der Waals surface area (Å²) in [6, 6.07) is 18.0. The molecule has 5 rings (SSSR count). The van der Waals surface area contributed by atoms with E-state index in [1.54, 1.807) is 0 Å². The van der Waals surface area contributed by atoms with Gasteiger partial charge in [0.1, 0.15) is 11.6 Å². The number of aromatic nitrogens is 2. The number of nitriles is 1. The Morgan fingerprint density at radius 1 is 1.20 bits per heavy atom. The van der Waals surface area contributed by atoms with Gasteiger partial charge in [-0.25, -0.2) is 0 Å². The van der Waals surface area contributed by atoms with Gasteiger partial charge in [-0.3, -0.25) is 9.89 Å². The Bertz CT molecular complexity index is 1310. The van der Waals surface area contributed by atoms with E-state index in [9.17, 15) is 4.79 Å². The van der Waals surface area contributed by atoms with Crippen LogP contribution in [0.1, 0.15) is 56.2 Å². The molecule has 1 aromatic heterocycles. The average molecular weight is 466 g/mol. The number of hydrogen-bond donors (Lipinski definition) is 3. The van der Waals surface area contributed by atoms with Gasteiger partial charge in [-0.1, -0.05) is 67.1 Å². The molecule has 35 heavy (non-hydrogen) atoms. The minimum absolute atomic E-state index is 0.226. The zero-order valence-electron chi connectivity index (χ0n) is 20.0. The third-order valence-electron chi connectivity index (χ3n) is 7.48. The number of benzene rings is 2. The Kier molecular flexibility index (Phi) is 6.78. The zero-order valence-corrected chi connectivity index (χ0v) is 20.0. The summed E-state index contributed by atoms with van der Waals surface area (Å²) >= 11 is 0. The van der Waals surface area contributed by atoms with E-state index in [2.05, 4.69) is 76.3 Å². The predicted octanol–water partition coefficient (Wildman–Crippen LogP) is 5.79. The SMILES string of the molecule is CC(N[C@H]1CCC[C@H](C2C=CC(C(=O)Nc3n[nH]cc3C#N)=CC2)C1)c1cccc2ccccc12. The van der Waals surface area contributed by atoms with Crippen molar-refractivity contribution in [1.29, 1.82) is 5.26 Å². The van der Waals surface area contributed by atoms with Gasteiger partial charge >= 0.3 is 0 Å². The molecule has 6 heteroatoms. The van der Waals surface area contributed by atoms with Crippen molar-refractivity contribution in [1.82, 2.24) is 15.5 Å². The Morgan fingerprint density at radius 2 is 2.06 bits per heavy atom. The number of H-pyrrole nitrogens is 1. The number of carbonyl (C=O) groups is 1. The first kappa shape index (κ1) is 23.1. The third kappa shape index (κ3) is 5.06. The van der Waals surface area contributed by atoms with E-state index < -0.39 is 0 Å². The molecule has 1 heterocycles. The van der Waals surface area contributed by atoms with Crippen molar-refractivity contribution in [2.24, 2.45) is 11.8 Å². The van der Waals surface area contributed by atoms with Gasteiger partial charge in [0.2, 0.25) is 0 Å². The molecule has 178 valence electrons. The predicted molar refractivity (Wildman–Crippen MR) is 139 cm³/mol. The van der Waals surface area contributed by atoms with Crippen LogP contribution in [0.4, 0.5) is 5.82 Å². The lowest BCUT2D eigenvalue weighted by Crippen LogP contribution is -2.37. The van der Waals surface area contributed by atoms with Crippen molar-refractivity contribution in [3.05, 3.63) is 83.6 Å². The van der Waals surface area contributed by atoms with E-state index >= 15 is 0 Å².